The molecule has 0 unspecified atom stereocenters. The van der Waals surface area contributed by atoms with Crippen molar-refractivity contribution in [3.63, 3.8) is 0 Å². The quantitative estimate of drug-likeness (QED) is 0.797. The van der Waals surface area contributed by atoms with Crippen LogP contribution in [0.3, 0.4) is 0 Å². The van der Waals surface area contributed by atoms with Gasteiger partial charge in [-0.25, -0.2) is 4.79 Å². The van der Waals surface area contributed by atoms with Crippen LogP contribution >= 0.6 is 0 Å². The molecular formula is C21H31N3O2. The van der Waals surface area contributed by atoms with E-state index in [1.807, 2.05) is 24.3 Å². The molecule has 1 aromatic heterocycles. The van der Waals surface area contributed by atoms with Gasteiger partial charge in [0.25, 0.3) is 0 Å². The van der Waals surface area contributed by atoms with Gasteiger partial charge in [0.1, 0.15) is 0 Å². The predicted octanol–water partition coefficient (Wildman–Crippen LogP) is 3.04. The van der Waals surface area contributed by atoms with Crippen LogP contribution in [0.5, 0.6) is 0 Å². The number of rotatable bonds is 6. The summed E-state index contributed by atoms with van der Waals surface area (Å²) >= 11 is 0. The molecule has 2 aromatic rings. The van der Waals surface area contributed by atoms with Crippen LogP contribution in [0.2, 0.25) is 0 Å². The number of aromatic nitrogens is 1. The first-order valence-electron chi connectivity index (χ1n) is 10.2. The molecule has 5 heteroatoms. The summed E-state index contributed by atoms with van der Waals surface area (Å²) in [6.45, 7) is 11.0. The SMILES string of the molecule is CC(C)[C@H]1CN(CCn2c(=O)oc3ccccc32)CCCN1CC1CC1. The molecule has 2 fully saturated rings. The molecular weight excluding hydrogens is 326 g/mol. The Labute approximate surface area is 155 Å². The largest absolute Gasteiger partial charge is 0.419 e. The molecule has 0 spiro atoms. The number of hydrogen-bond acceptors (Lipinski definition) is 4. The second-order valence-corrected chi connectivity index (χ2v) is 8.39. The summed E-state index contributed by atoms with van der Waals surface area (Å²) in [4.78, 5) is 17.5. The maximum Gasteiger partial charge on any atom is 0.419 e. The van der Waals surface area contributed by atoms with Gasteiger partial charge < -0.3 is 4.42 Å². The molecule has 0 bridgehead atoms. The lowest BCUT2D eigenvalue weighted by Crippen LogP contribution is -2.45. The first kappa shape index (κ1) is 17.8. The van der Waals surface area contributed by atoms with Crippen molar-refractivity contribution in [3.05, 3.63) is 34.8 Å². The summed E-state index contributed by atoms with van der Waals surface area (Å²) in [5.41, 5.74) is 1.59. The highest BCUT2D eigenvalue weighted by molar-refractivity contribution is 5.72. The van der Waals surface area contributed by atoms with E-state index in [-0.39, 0.29) is 5.76 Å². The van der Waals surface area contributed by atoms with Gasteiger partial charge in [0, 0.05) is 32.2 Å². The van der Waals surface area contributed by atoms with Crippen molar-refractivity contribution in [3.8, 4) is 0 Å². The molecule has 1 aromatic carbocycles. The Balaban J connectivity index is 1.44. The van der Waals surface area contributed by atoms with Crippen molar-refractivity contribution < 1.29 is 4.42 Å². The van der Waals surface area contributed by atoms with Crippen LogP contribution in [0.25, 0.3) is 11.1 Å². The first-order valence-corrected chi connectivity index (χ1v) is 10.2. The smallest absolute Gasteiger partial charge is 0.408 e. The van der Waals surface area contributed by atoms with E-state index in [2.05, 4.69) is 23.6 Å². The van der Waals surface area contributed by atoms with Crippen LogP contribution in [0.1, 0.15) is 33.1 Å². The van der Waals surface area contributed by atoms with E-state index < -0.39 is 0 Å². The summed E-state index contributed by atoms with van der Waals surface area (Å²) in [6.07, 6.45) is 4.06. The van der Waals surface area contributed by atoms with Crippen molar-refractivity contribution >= 4 is 11.1 Å². The molecule has 1 aliphatic heterocycles. The Hall–Kier alpha value is -1.59. The maximum atomic E-state index is 12.2. The Kier molecular flexibility index (Phi) is 5.18. The Morgan fingerprint density at radius 1 is 1.15 bits per heavy atom. The molecule has 142 valence electrons. The van der Waals surface area contributed by atoms with E-state index >= 15 is 0 Å². The minimum atomic E-state index is -0.239. The van der Waals surface area contributed by atoms with E-state index in [0.717, 1.165) is 31.1 Å². The third kappa shape index (κ3) is 3.89. The zero-order chi connectivity index (χ0) is 18.1. The van der Waals surface area contributed by atoms with Crippen LogP contribution in [0, 0.1) is 11.8 Å². The van der Waals surface area contributed by atoms with Gasteiger partial charge in [-0.3, -0.25) is 14.4 Å². The van der Waals surface area contributed by atoms with Gasteiger partial charge in [-0.1, -0.05) is 26.0 Å². The fourth-order valence-electron chi connectivity index (χ4n) is 4.30. The molecule has 2 heterocycles. The summed E-state index contributed by atoms with van der Waals surface area (Å²) in [5.74, 6) is 1.36. The summed E-state index contributed by atoms with van der Waals surface area (Å²) in [6, 6.07) is 8.33. The summed E-state index contributed by atoms with van der Waals surface area (Å²) in [7, 11) is 0. The molecule has 1 saturated carbocycles. The topological polar surface area (TPSA) is 41.6 Å². The highest BCUT2D eigenvalue weighted by Gasteiger charge is 2.32. The average molecular weight is 357 g/mol. The Morgan fingerprint density at radius 3 is 2.73 bits per heavy atom. The second kappa shape index (κ2) is 7.57. The lowest BCUT2D eigenvalue weighted by Gasteiger charge is -2.34. The fourth-order valence-corrected chi connectivity index (χ4v) is 4.30. The van der Waals surface area contributed by atoms with E-state index in [9.17, 15) is 4.79 Å². The zero-order valence-electron chi connectivity index (χ0n) is 16.1. The van der Waals surface area contributed by atoms with E-state index in [4.69, 9.17) is 4.42 Å². The highest BCUT2D eigenvalue weighted by atomic mass is 16.4. The van der Waals surface area contributed by atoms with Gasteiger partial charge in [0.05, 0.1) is 5.52 Å². The van der Waals surface area contributed by atoms with Gasteiger partial charge in [-0.15, -0.1) is 0 Å². The summed E-state index contributed by atoms with van der Waals surface area (Å²) in [5, 5.41) is 0. The molecule has 1 atom stereocenters. The number of hydrogen-bond donors (Lipinski definition) is 0. The van der Waals surface area contributed by atoms with Crippen molar-refractivity contribution in [2.75, 3.05) is 32.7 Å². The predicted molar refractivity (Wildman–Crippen MR) is 104 cm³/mol. The molecule has 1 aliphatic carbocycles. The molecule has 2 aliphatic rings. The first-order chi connectivity index (χ1) is 12.6. The number of fused-ring (bicyclic) bond motifs is 1. The molecule has 4 rings (SSSR count). The molecule has 0 amide bonds. The van der Waals surface area contributed by atoms with Crippen LogP contribution in [0.4, 0.5) is 0 Å². The van der Waals surface area contributed by atoms with Crippen LogP contribution in [-0.4, -0.2) is 53.1 Å². The van der Waals surface area contributed by atoms with Gasteiger partial charge in [-0.2, -0.15) is 0 Å². The van der Waals surface area contributed by atoms with Crippen molar-refractivity contribution in [1.82, 2.24) is 14.4 Å². The van der Waals surface area contributed by atoms with Gasteiger partial charge in [-0.05, 0) is 56.3 Å². The standard InChI is InChI=1S/C21H31N3O2/c1-16(2)19-15-22(10-5-11-23(19)14-17-8-9-17)12-13-24-18-6-3-4-7-20(18)26-21(24)25/h3-4,6-7,16-17,19H,5,8-15H2,1-2H3/t19-/m1/s1. The molecule has 26 heavy (non-hydrogen) atoms. The number of oxazole rings is 1. The molecule has 0 N–H and O–H groups in total. The lowest BCUT2D eigenvalue weighted by molar-refractivity contribution is 0.132. The minimum absolute atomic E-state index is 0.239. The van der Waals surface area contributed by atoms with E-state index in [1.165, 1.54) is 32.4 Å². The average Bonchev–Trinajstić information content (AvgIpc) is 3.40. The van der Waals surface area contributed by atoms with Gasteiger partial charge in [0.15, 0.2) is 5.58 Å². The molecule has 1 saturated heterocycles. The maximum absolute atomic E-state index is 12.2. The number of benzene rings is 1. The highest BCUT2D eigenvalue weighted by Crippen LogP contribution is 2.31. The molecule has 5 nitrogen and oxygen atoms in total. The normalized spacial score (nSPS) is 23.0. The Bertz CT molecular complexity index is 790. The van der Waals surface area contributed by atoms with E-state index in [0.29, 0.717) is 24.1 Å². The summed E-state index contributed by atoms with van der Waals surface area (Å²) < 4.78 is 7.16. The second-order valence-electron chi connectivity index (χ2n) is 8.39. The van der Waals surface area contributed by atoms with Crippen molar-refractivity contribution in [2.24, 2.45) is 11.8 Å². The van der Waals surface area contributed by atoms with Crippen LogP contribution in [0.15, 0.2) is 33.5 Å². The third-order valence-corrected chi connectivity index (χ3v) is 6.01. The third-order valence-electron chi connectivity index (χ3n) is 6.01. The fraction of sp³-hybridized carbons (Fsp3) is 0.667. The number of para-hydroxylation sites is 2. The lowest BCUT2D eigenvalue weighted by atomic mass is 10.0. The zero-order valence-corrected chi connectivity index (χ0v) is 16.1. The van der Waals surface area contributed by atoms with Gasteiger partial charge in [0.2, 0.25) is 0 Å². The van der Waals surface area contributed by atoms with Crippen LogP contribution in [-0.2, 0) is 6.54 Å². The number of nitrogens with zero attached hydrogens (tertiary/aromatic N) is 3. The van der Waals surface area contributed by atoms with Crippen LogP contribution < -0.4 is 5.76 Å². The van der Waals surface area contributed by atoms with E-state index in [1.54, 1.807) is 4.57 Å². The monoisotopic (exact) mass is 357 g/mol. The van der Waals surface area contributed by atoms with Crippen molar-refractivity contribution in [1.29, 1.82) is 0 Å². The van der Waals surface area contributed by atoms with Crippen molar-refractivity contribution in [2.45, 2.75) is 45.7 Å². The Morgan fingerprint density at radius 2 is 1.96 bits per heavy atom. The minimum Gasteiger partial charge on any atom is -0.408 e. The van der Waals surface area contributed by atoms with Gasteiger partial charge >= 0.3 is 5.76 Å². The molecule has 0 radical (unpaired) electrons.